The lowest BCUT2D eigenvalue weighted by atomic mass is 9.99. The molecule has 30 heavy (non-hydrogen) atoms. The molecule has 3 rings (SSSR count). The van der Waals surface area contributed by atoms with Crippen molar-refractivity contribution in [2.24, 2.45) is 0 Å². The van der Waals surface area contributed by atoms with Crippen LogP contribution < -0.4 is 4.72 Å². The molecule has 0 aliphatic carbocycles. The number of terminal acetylenes is 1. The van der Waals surface area contributed by atoms with E-state index in [1.165, 1.54) is 36.8 Å². The van der Waals surface area contributed by atoms with Crippen molar-refractivity contribution in [2.45, 2.75) is 30.9 Å². The number of nitrogens with zero attached hydrogens (tertiary/aromatic N) is 1. The highest BCUT2D eigenvalue weighted by Crippen LogP contribution is 2.20. The molecule has 2 aromatic rings. The smallest absolute Gasteiger partial charge is 0.338 e. The van der Waals surface area contributed by atoms with Gasteiger partial charge in [0.1, 0.15) is 0 Å². The largest absolute Gasteiger partial charge is 0.449 e. The Bertz CT molecular complexity index is 1090. The van der Waals surface area contributed by atoms with E-state index in [9.17, 15) is 18.0 Å². The molecule has 1 amide bonds. The Labute approximate surface area is 176 Å². The van der Waals surface area contributed by atoms with E-state index >= 15 is 0 Å². The zero-order chi connectivity index (χ0) is 21.7. The molecule has 0 fully saturated rings. The summed E-state index contributed by atoms with van der Waals surface area (Å²) in [5.41, 5.74) is 2.46. The van der Waals surface area contributed by atoms with Gasteiger partial charge in [0.15, 0.2) is 6.10 Å². The van der Waals surface area contributed by atoms with Crippen molar-refractivity contribution in [3.8, 4) is 12.3 Å². The topological polar surface area (TPSA) is 92.8 Å². The maximum Gasteiger partial charge on any atom is 0.338 e. The molecule has 1 atom stereocenters. The molecule has 0 bridgehead atoms. The van der Waals surface area contributed by atoms with Gasteiger partial charge in [0.25, 0.3) is 5.91 Å². The molecule has 7 nitrogen and oxygen atoms in total. The van der Waals surface area contributed by atoms with Gasteiger partial charge in [0.05, 0.1) is 17.0 Å². The molecule has 1 N–H and O–H groups in total. The zero-order valence-electron chi connectivity index (χ0n) is 16.5. The summed E-state index contributed by atoms with van der Waals surface area (Å²) in [4.78, 5) is 26.7. The average molecular weight is 426 g/mol. The lowest BCUT2D eigenvalue weighted by Gasteiger charge is -2.30. The van der Waals surface area contributed by atoms with Gasteiger partial charge in [0.2, 0.25) is 10.0 Å². The molecule has 8 heteroatoms. The van der Waals surface area contributed by atoms with E-state index in [-0.39, 0.29) is 22.9 Å². The number of hydrogen-bond acceptors (Lipinski definition) is 5. The number of rotatable bonds is 6. The van der Waals surface area contributed by atoms with Crippen LogP contribution in [-0.4, -0.2) is 44.4 Å². The number of carbonyl (C=O) groups excluding carboxylic acids is 2. The lowest BCUT2D eigenvalue weighted by molar-refractivity contribution is -0.140. The summed E-state index contributed by atoms with van der Waals surface area (Å²) in [6, 6.07) is 13.2. The summed E-state index contributed by atoms with van der Waals surface area (Å²) in [6.45, 7) is 2.44. The van der Waals surface area contributed by atoms with Gasteiger partial charge in [-0.3, -0.25) is 4.79 Å². The van der Waals surface area contributed by atoms with Gasteiger partial charge >= 0.3 is 5.97 Å². The van der Waals surface area contributed by atoms with Gasteiger partial charge in [-0.15, -0.1) is 6.42 Å². The third-order valence-corrected chi connectivity index (χ3v) is 6.26. The SMILES string of the molecule is C#CCNS(=O)(=O)c1ccc(C(=O)OC(C)C(=O)N2CCc3ccccc3C2)cc1. The molecule has 2 aromatic carbocycles. The van der Waals surface area contributed by atoms with Crippen molar-refractivity contribution in [2.75, 3.05) is 13.1 Å². The molecule has 1 heterocycles. The highest BCUT2D eigenvalue weighted by atomic mass is 32.2. The van der Waals surface area contributed by atoms with Crippen LogP contribution in [0.4, 0.5) is 0 Å². The Morgan fingerprint density at radius 3 is 2.50 bits per heavy atom. The highest BCUT2D eigenvalue weighted by Gasteiger charge is 2.27. The van der Waals surface area contributed by atoms with Crippen molar-refractivity contribution in [3.63, 3.8) is 0 Å². The van der Waals surface area contributed by atoms with Gasteiger partial charge in [-0.05, 0) is 48.7 Å². The number of hydrogen-bond donors (Lipinski definition) is 1. The van der Waals surface area contributed by atoms with E-state index < -0.39 is 22.1 Å². The normalized spacial score (nSPS) is 14.3. The van der Waals surface area contributed by atoms with E-state index in [2.05, 4.69) is 10.6 Å². The monoisotopic (exact) mass is 426 g/mol. The molecule has 1 aliphatic rings. The van der Waals surface area contributed by atoms with Crippen molar-refractivity contribution >= 4 is 21.9 Å². The molecular formula is C22H22N2O5S. The first kappa shape index (κ1) is 21.6. The molecule has 0 aromatic heterocycles. The van der Waals surface area contributed by atoms with Crippen molar-refractivity contribution in [1.29, 1.82) is 0 Å². The van der Waals surface area contributed by atoms with Crippen molar-refractivity contribution in [1.82, 2.24) is 9.62 Å². The van der Waals surface area contributed by atoms with Gasteiger partial charge in [-0.2, -0.15) is 4.72 Å². The van der Waals surface area contributed by atoms with E-state index in [1.54, 1.807) is 4.90 Å². The van der Waals surface area contributed by atoms with E-state index in [4.69, 9.17) is 11.2 Å². The maximum absolute atomic E-state index is 12.7. The number of esters is 1. The first-order valence-electron chi connectivity index (χ1n) is 9.41. The van der Waals surface area contributed by atoms with Crippen LogP contribution in [-0.2, 0) is 32.5 Å². The minimum atomic E-state index is -3.75. The number of sulfonamides is 1. The van der Waals surface area contributed by atoms with E-state index in [0.717, 1.165) is 12.0 Å². The molecule has 156 valence electrons. The number of fused-ring (bicyclic) bond motifs is 1. The van der Waals surface area contributed by atoms with Crippen LogP contribution in [0.3, 0.4) is 0 Å². The number of ether oxygens (including phenoxy) is 1. The fraction of sp³-hybridized carbons (Fsp3) is 0.273. The summed E-state index contributed by atoms with van der Waals surface area (Å²) >= 11 is 0. The summed E-state index contributed by atoms with van der Waals surface area (Å²) in [5.74, 6) is 1.22. The van der Waals surface area contributed by atoms with Gasteiger partial charge in [0, 0.05) is 13.1 Å². The average Bonchev–Trinajstić information content (AvgIpc) is 2.76. The van der Waals surface area contributed by atoms with Gasteiger partial charge < -0.3 is 9.64 Å². The third-order valence-electron chi connectivity index (χ3n) is 4.84. The van der Waals surface area contributed by atoms with Crippen molar-refractivity contribution < 1.29 is 22.7 Å². The lowest BCUT2D eigenvalue weighted by Crippen LogP contribution is -2.42. The van der Waals surface area contributed by atoms with Crippen LogP contribution in [0.15, 0.2) is 53.4 Å². The second-order valence-corrected chi connectivity index (χ2v) is 8.65. The summed E-state index contributed by atoms with van der Waals surface area (Å²) in [6.07, 6.45) is 4.86. The number of benzene rings is 2. The highest BCUT2D eigenvalue weighted by molar-refractivity contribution is 7.89. The summed E-state index contributed by atoms with van der Waals surface area (Å²) in [7, 11) is -3.75. The molecular weight excluding hydrogens is 404 g/mol. The van der Waals surface area contributed by atoms with Crippen LogP contribution in [0.25, 0.3) is 0 Å². The minimum absolute atomic E-state index is 0.0228. The molecule has 0 spiro atoms. The standard InChI is InChI=1S/C22H22N2O5S/c1-3-13-23-30(27,28)20-10-8-18(9-11-20)22(26)29-16(2)21(25)24-14-12-17-6-4-5-7-19(17)15-24/h1,4-11,16,23H,12-15H2,2H3. The minimum Gasteiger partial charge on any atom is -0.449 e. The van der Waals surface area contributed by atoms with Crippen molar-refractivity contribution in [3.05, 3.63) is 65.2 Å². The van der Waals surface area contributed by atoms with E-state index in [1.807, 2.05) is 24.3 Å². The fourth-order valence-electron chi connectivity index (χ4n) is 3.21. The first-order chi connectivity index (χ1) is 14.3. The Morgan fingerprint density at radius 1 is 1.17 bits per heavy atom. The Kier molecular flexibility index (Phi) is 6.55. The zero-order valence-corrected chi connectivity index (χ0v) is 17.3. The van der Waals surface area contributed by atoms with Crippen LogP contribution in [0.2, 0.25) is 0 Å². The third kappa shape index (κ3) is 4.87. The Morgan fingerprint density at radius 2 is 1.83 bits per heavy atom. The second-order valence-electron chi connectivity index (χ2n) is 6.88. The number of carbonyl (C=O) groups is 2. The summed E-state index contributed by atoms with van der Waals surface area (Å²) in [5, 5.41) is 0. The Balaban J connectivity index is 1.62. The van der Waals surface area contributed by atoms with Crippen LogP contribution in [0.5, 0.6) is 0 Å². The molecule has 0 saturated heterocycles. The molecule has 1 aliphatic heterocycles. The maximum atomic E-state index is 12.7. The second kappa shape index (κ2) is 9.11. The molecule has 0 saturated carbocycles. The summed E-state index contributed by atoms with van der Waals surface area (Å²) < 4.78 is 31.6. The van der Waals surface area contributed by atoms with E-state index in [0.29, 0.717) is 13.1 Å². The van der Waals surface area contributed by atoms with Crippen LogP contribution >= 0.6 is 0 Å². The van der Waals surface area contributed by atoms with Crippen LogP contribution in [0, 0.1) is 12.3 Å². The fourth-order valence-corrected chi connectivity index (χ4v) is 4.14. The van der Waals surface area contributed by atoms with Crippen LogP contribution in [0.1, 0.15) is 28.4 Å². The number of amides is 1. The Hall–Kier alpha value is -3.15. The predicted octanol–water partition coefficient (Wildman–Crippen LogP) is 1.73. The molecule has 1 unspecified atom stereocenters. The molecule has 0 radical (unpaired) electrons. The van der Waals surface area contributed by atoms with Gasteiger partial charge in [-0.1, -0.05) is 30.2 Å². The first-order valence-corrected chi connectivity index (χ1v) is 10.9. The predicted molar refractivity (Wildman–Crippen MR) is 111 cm³/mol. The van der Waals surface area contributed by atoms with Gasteiger partial charge in [-0.25, -0.2) is 13.2 Å². The number of nitrogens with one attached hydrogen (secondary N) is 1. The quantitative estimate of drug-likeness (QED) is 0.561.